The fourth-order valence-electron chi connectivity index (χ4n) is 2.28. The molecular weight excluding hydrogens is 308 g/mol. The quantitative estimate of drug-likeness (QED) is 0.762. The Labute approximate surface area is 135 Å². The van der Waals surface area contributed by atoms with E-state index in [0.717, 1.165) is 24.1 Å². The predicted octanol–water partition coefficient (Wildman–Crippen LogP) is 5.53. The first-order valence-corrected chi connectivity index (χ1v) is 7.73. The third kappa shape index (κ3) is 3.97. The Morgan fingerprint density at radius 1 is 1.10 bits per heavy atom. The number of halogens is 3. The molecule has 1 atom stereocenters. The zero-order valence-electron chi connectivity index (χ0n) is 12.1. The molecule has 21 heavy (non-hydrogen) atoms. The second-order valence-electron chi connectivity index (χ2n) is 5.08. The molecule has 0 saturated heterocycles. The second-order valence-corrected chi connectivity index (χ2v) is 5.92. The summed E-state index contributed by atoms with van der Waals surface area (Å²) in [5, 5.41) is 4.38. The van der Waals surface area contributed by atoms with Crippen molar-refractivity contribution >= 4 is 23.2 Å². The van der Waals surface area contributed by atoms with Gasteiger partial charge in [-0.1, -0.05) is 48.3 Å². The van der Waals surface area contributed by atoms with Crippen LogP contribution in [0.2, 0.25) is 10.0 Å². The van der Waals surface area contributed by atoms with Gasteiger partial charge in [-0.3, -0.25) is 0 Å². The second kappa shape index (κ2) is 7.26. The highest BCUT2D eigenvalue weighted by Crippen LogP contribution is 2.31. The van der Waals surface area contributed by atoms with Crippen molar-refractivity contribution in [3.63, 3.8) is 0 Å². The number of rotatable bonds is 5. The van der Waals surface area contributed by atoms with Crippen LogP contribution in [0.1, 0.15) is 36.1 Å². The molecule has 0 aliphatic carbocycles. The molecule has 0 radical (unpaired) electrons. The molecule has 1 nitrogen and oxygen atoms in total. The molecule has 0 aliphatic heterocycles. The van der Waals surface area contributed by atoms with E-state index in [1.165, 1.54) is 6.07 Å². The Morgan fingerprint density at radius 2 is 1.81 bits per heavy atom. The lowest BCUT2D eigenvalue weighted by Crippen LogP contribution is -2.24. The molecule has 2 aromatic rings. The summed E-state index contributed by atoms with van der Waals surface area (Å²) in [5.41, 5.74) is 2.50. The third-order valence-electron chi connectivity index (χ3n) is 3.34. The summed E-state index contributed by atoms with van der Waals surface area (Å²) < 4.78 is 14.3. The van der Waals surface area contributed by atoms with E-state index in [2.05, 4.69) is 12.2 Å². The van der Waals surface area contributed by atoms with Gasteiger partial charge in [0.15, 0.2) is 0 Å². The standard InChI is InChI=1S/C17H18Cl2FN/c1-3-8-21-17(13-6-4-11(2)9-15(13)19)14-7-5-12(18)10-16(14)20/h4-7,9-10,17,21H,3,8H2,1-2H3. The Hall–Kier alpha value is -1.09. The van der Waals surface area contributed by atoms with Gasteiger partial charge in [0, 0.05) is 15.6 Å². The van der Waals surface area contributed by atoms with Crippen molar-refractivity contribution in [3.05, 3.63) is 69.0 Å². The number of aryl methyl sites for hydroxylation is 1. The Bertz CT molecular complexity index is 577. The largest absolute Gasteiger partial charge is 0.306 e. The number of hydrogen-bond donors (Lipinski definition) is 1. The lowest BCUT2D eigenvalue weighted by Gasteiger charge is -2.21. The molecule has 4 heteroatoms. The molecular formula is C17H18Cl2FN. The smallest absolute Gasteiger partial charge is 0.129 e. The summed E-state index contributed by atoms with van der Waals surface area (Å²) in [6.07, 6.45) is 0.954. The molecule has 0 spiro atoms. The zero-order chi connectivity index (χ0) is 15.4. The summed E-state index contributed by atoms with van der Waals surface area (Å²) in [6, 6.07) is 10.3. The van der Waals surface area contributed by atoms with Crippen molar-refractivity contribution in [3.8, 4) is 0 Å². The van der Waals surface area contributed by atoms with Gasteiger partial charge < -0.3 is 5.32 Å². The summed E-state index contributed by atoms with van der Waals surface area (Å²) in [5.74, 6) is -0.326. The summed E-state index contributed by atoms with van der Waals surface area (Å²) in [6.45, 7) is 4.82. The van der Waals surface area contributed by atoms with E-state index in [9.17, 15) is 4.39 Å². The first-order valence-electron chi connectivity index (χ1n) is 6.97. The van der Waals surface area contributed by atoms with Crippen LogP contribution in [0.3, 0.4) is 0 Å². The van der Waals surface area contributed by atoms with Crippen molar-refractivity contribution in [2.75, 3.05) is 6.54 Å². The highest BCUT2D eigenvalue weighted by Gasteiger charge is 2.20. The fourth-order valence-corrected chi connectivity index (χ4v) is 2.78. The molecule has 2 aromatic carbocycles. The lowest BCUT2D eigenvalue weighted by atomic mass is 9.97. The van der Waals surface area contributed by atoms with E-state index in [1.807, 2.05) is 25.1 Å². The molecule has 1 unspecified atom stereocenters. The van der Waals surface area contributed by atoms with E-state index in [4.69, 9.17) is 23.2 Å². The van der Waals surface area contributed by atoms with Crippen molar-refractivity contribution in [2.24, 2.45) is 0 Å². The van der Waals surface area contributed by atoms with Gasteiger partial charge in [-0.15, -0.1) is 0 Å². The van der Waals surface area contributed by atoms with Gasteiger partial charge in [0.1, 0.15) is 5.82 Å². The average Bonchev–Trinajstić information content (AvgIpc) is 2.42. The van der Waals surface area contributed by atoms with Crippen LogP contribution in [0.25, 0.3) is 0 Å². The Balaban J connectivity index is 2.46. The van der Waals surface area contributed by atoms with Gasteiger partial charge in [0.2, 0.25) is 0 Å². The first-order chi connectivity index (χ1) is 10.0. The molecule has 0 saturated carbocycles. The van der Waals surface area contributed by atoms with E-state index < -0.39 is 0 Å². The van der Waals surface area contributed by atoms with Crippen molar-refractivity contribution in [1.29, 1.82) is 0 Å². The van der Waals surface area contributed by atoms with Crippen LogP contribution in [0.5, 0.6) is 0 Å². The topological polar surface area (TPSA) is 12.0 Å². The lowest BCUT2D eigenvalue weighted by molar-refractivity contribution is 0.547. The molecule has 0 bridgehead atoms. The number of benzene rings is 2. The minimum Gasteiger partial charge on any atom is -0.306 e. The molecule has 0 fully saturated rings. The minimum absolute atomic E-state index is 0.282. The Kier molecular flexibility index (Phi) is 5.63. The van der Waals surface area contributed by atoms with Gasteiger partial charge in [-0.2, -0.15) is 0 Å². The maximum absolute atomic E-state index is 14.3. The van der Waals surface area contributed by atoms with Crippen LogP contribution in [0, 0.1) is 12.7 Å². The van der Waals surface area contributed by atoms with Crippen LogP contribution in [-0.4, -0.2) is 6.54 Å². The normalized spacial score (nSPS) is 12.4. The SMILES string of the molecule is CCCNC(c1ccc(Cl)cc1F)c1ccc(C)cc1Cl. The highest BCUT2D eigenvalue weighted by molar-refractivity contribution is 6.31. The third-order valence-corrected chi connectivity index (χ3v) is 3.90. The van der Waals surface area contributed by atoms with Crippen molar-refractivity contribution in [1.82, 2.24) is 5.32 Å². The van der Waals surface area contributed by atoms with E-state index in [1.54, 1.807) is 12.1 Å². The summed E-state index contributed by atoms with van der Waals surface area (Å²) in [7, 11) is 0. The molecule has 2 rings (SSSR count). The molecule has 1 N–H and O–H groups in total. The average molecular weight is 326 g/mol. The molecule has 0 aromatic heterocycles. The maximum atomic E-state index is 14.3. The van der Waals surface area contributed by atoms with Gasteiger partial charge >= 0.3 is 0 Å². The van der Waals surface area contributed by atoms with E-state index >= 15 is 0 Å². The molecule has 112 valence electrons. The molecule has 0 heterocycles. The van der Waals surface area contributed by atoms with Crippen LogP contribution >= 0.6 is 23.2 Å². The molecule has 0 aliphatic rings. The Morgan fingerprint density at radius 3 is 2.43 bits per heavy atom. The van der Waals surface area contributed by atoms with Gasteiger partial charge in [0.25, 0.3) is 0 Å². The van der Waals surface area contributed by atoms with Crippen LogP contribution in [0.15, 0.2) is 36.4 Å². The van der Waals surface area contributed by atoms with E-state index in [0.29, 0.717) is 15.6 Å². The summed E-state index contributed by atoms with van der Waals surface area (Å²) >= 11 is 12.2. The maximum Gasteiger partial charge on any atom is 0.129 e. The zero-order valence-corrected chi connectivity index (χ0v) is 13.6. The van der Waals surface area contributed by atoms with Crippen LogP contribution in [-0.2, 0) is 0 Å². The first kappa shape index (κ1) is 16.3. The number of hydrogen-bond acceptors (Lipinski definition) is 1. The molecule has 0 amide bonds. The van der Waals surface area contributed by atoms with Crippen molar-refractivity contribution in [2.45, 2.75) is 26.3 Å². The van der Waals surface area contributed by atoms with Crippen LogP contribution < -0.4 is 5.32 Å². The minimum atomic E-state index is -0.326. The fraction of sp³-hybridized carbons (Fsp3) is 0.294. The highest BCUT2D eigenvalue weighted by atomic mass is 35.5. The van der Waals surface area contributed by atoms with Gasteiger partial charge in [-0.05, 0) is 49.2 Å². The van der Waals surface area contributed by atoms with Gasteiger partial charge in [-0.25, -0.2) is 4.39 Å². The summed E-state index contributed by atoms with van der Waals surface area (Å²) in [4.78, 5) is 0. The number of nitrogens with one attached hydrogen (secondary N) is 1. The van der Waals surface area contributed by atoms with Gasteiger partial charge in [0.05, 0.1) is 6.04 Å². The van der Waals surface area contributed by atoms with Crippen LogP contribution in [0.4, 0.5) is 4.39 Å². The van der Waals surface area contributed by atoms with Crippen molar-refractivity contribution < 1.29 is 4.39 Å². The monoisotopic (exact) mass is 325 g/mol. The van der Waals surface area contributed by atoms with E-state index in [-0.39, 0.29) is 11.9 Å². The predicted molar refractivity (Wildman–Crippen MR) is 87.7 cm³/mol.